The van der Waals surface area contributed by atoms with Gasteiger partial charge in [-0.3, -0.25) is 37.3 Å². The van der Waals surface area contributed by atoms with Crippen molar-refractivity contribution in [2.24, 2.45) is 17.8 Å². The second-order valence-electron chi connectivity index (χ2n) is 28.4. The van der Waals surface area contributed by atoms with Gasteiger partial charge in [0.05, 0.1) is 26.4 Å². The summed E-state index contributed by atoms with van der Waals surface area (Å²) in [6, 6.07) is 0. The summed E-state index contributed by atoms with van der Waals surface area (Å²) >= 11 is 0. The Hall–Kier alpha value is -1.94. The molecule has 0 heterocycles. The zero-order chi connectivity index (χ0) is 70.1. The Morgan fingerprint density at radius 1 is 0.305 bits per heavy atom. The van der Waals surface area contributed by atoms with Crippen LogP contribution in [-0.4, -0.2) is 96.7 Å². The van der Waals surface area contributed by atoms with Gasteiger partial charge in [0.15, 0.2) is 12.2 Å². The van der Waals surface area contributed by atoms with Gasteiger partial charge < -0.3 is 33.8 Å². The number of phosphoric ester groups is 2. The maximum absolute atomic E-state index is 13.1. The zero-order valence-corrected chi connectivity index (χ0v) is 63.9. The lowest BCUT2D eigenvalue weighted by atomic mass is 9.99. The van der Waals surface area contributed by atoms with Crippen LogP contribution >= 0.6 is 15.6 Å². The second-order valence-corrected chi connectivity index (χ2v) is 31.3. The fourth-order valence-electron chi connectivity index (χ4n) is 11.5. The molecule has 7 atom stereocenters. The molecule has 0 radical (unpaired) electrons. The van der Waals surface area contributed by atoms with Crippen molar-refractivity contribution in [2.75, 3.05) is 39.6 Å². The number of rotatable bonds is 74. The first-order valence-electron chi connectivity index (χ1n) is 39.4. The Balaban J connectivity index is 5.20. The van der Waals surface area contributed by atoms with E-state index in [0.29, 0.717) is 25.7 Å². The number of esters is 4. The summed E-state index contributed by atoms with van der Waals surface area (Å²) in [6.07, 6.45) is 52.8. The number of carbonyl (C=O) groups excluding carboxylic acids is 4. The van der Waals surface area contributed by atoms with E-state index in [1.54, 1.807) is 0 Å². The van der Waals surface area contributed by atoms with Gasteiger partial charge in [0.1, 0.15) is 19.3 Å². The number of carbonyl (C=O) groups is 4. The van der Waals surface area contributed by atoms with Gasteiger partial charge in [-0.2, -0.15) is 0 Å². The number of hydrogen-bond acceptors (Lipinski definition) is 15. The van der Waals surface area contributed by atoms with Crippen molar-refractivity contribution in [3.05, 3.63) is 0 Å². The second kappa shape index (κ2) is 66.6. The summed E-state index contributed by atoms with van der Waals surface area (Å²) < 4.78 is 68.4. The molecule has 17 nitrogen and oxygen atoms in total. The van der Waals surface area contributed by atoms with Crippen LogP contribution < -0.4 is 0 Å². The van der Waals surface area contributed by atoms with E-state index in [4.69, 9.17) is 37.0 Å². The lowest BCUT2D eigenvalue weighted by Crippen LogP contribution is -2.30. The van der Waals surface area contributed by atoms with Gasteiger partial charge in [0, 0.05) is 25.7 Å². The summed E-state index contributed by atoms with van der Waals surface area (Å²) in [5, 5.41) is 10.6. The molecular weight excluding hydrogens is 1250 g/mol. The summed E-state index contributed by atoms with van der Waals surface area (Å²) in [7, 11) is -9.91. The molecule has 0 saturated carbocycles. The molecule has 95 heavy (non-hydrogen) atoms. The topological polar surface area (TPSA) is 237 Å². The fraction of sp³-hybridized carbons (Fsp3) is 0.947. The summed E-state index contributed by atoms with van der Waals surface area (Å²) in [4.78, 5) is 72.7. The quantitative estimate of drug-likeness (QED) is 0.0222. The molecule has 4 unspecified atom stereocenters. The molecule has 0 aromatic carbocycles. The summed E-state index contributed by atoms with van der Waals surface area (Å²) in [5.74, 6) is 0.299. The molecule has 0 saturated heterocycles. The van der Waals surface area contributed by atoms with Crippen LogP contribution in [0.2, 0.25) is 0 Å². The Kier molecular flexibility index (Phi) is 65.2. The Morgan fingerprint density at radius 3 is 0.800 bits per heavy atom. The van der Waals surface area contributed by atoms with E-state index in [2.05, 4.69) is 48.5 Å². The molecule has 0 aliphatic heterocycles. The molecule has 0 fully saturated rings. The molecule has 0 aromatic rings. The van der Waals surface area contributed by atoms with Crippen molar-refractivity contribution in [3.8, 4) is 0 Å². The molecule has 0 aliphatic carbocycles. The normalized spacial score (nSPS) is 14.6. The van der Waals surface area contributed by atoms with E-state index >= 15 is 0 Å². The monoisotopic (exact) mass is 1400 g/mol. The van der Waals surface area contributed by atoms with Gasteiger partial charge in [0.2, 0.25) is 0 Å². The predicted octanol–water partition coefficient (Wildman–Crippen LogP) is 22.2. The van der Waals surface area contributed by atoms with Crippen LogP contribution in [0, 0.1) is 17.8 Å². The van der Waals surface area contributed by atoms with E-state index in [1.165, 1.54) is 186 Å². The minimum absolute atomic E-state index is 0.105. The van der Waals surface area contributed by atoms with Gasteiger partial charge in [0.25, 0.3) is 0 Å². The van der Waals surface area contributed by atoms with Crippen LogP contribution in [0.5, 0.6) is 0 Å². The van der Waals surface area contributed by atoms with Crippen molar-refractivity contribution < 1.29 is 80.2 Å². The lowest BCUT2D eigenvalue weighted by Gasteiger charge is -2.21. The molecule has 3 N–H and O–H groups in total. The minimum Gasteiger partial charge on any atom is -0.462 e. The highest BCUT2D eigenvalue weighted by molar-refractivity contribution is 7.47. The third kappa shape index (κ3) is 67.6. The summed E-state index contributed by atoms with van der Waals surface area (Å²) in [6.45, 7) is 11.9. The van der Waals surface area contributed by atoms with Crippen molar-refractivity contribution >= 4 is 39.5 Å². The fourth-order valence-corrected chi connectivity index (χ4v) is 13.1. The van der Waals surface area contributed by atoms with Crippen LogP contribution in [0.1, 0.15) is 389 Å². The average molecular weight is 1400 g/mol. The molecule has 0 rings (SSSR count). The minimum atomic E-state index is -4.96. The van der Waals surface area contributed by atoms with E-state index in [9.17, 15) is 43.2 Å². The number of aliphatic hydroxyl groups is 1. The van der Waals surface area contributed by atoms with Crippen molar-refractivity contribution in [3.63, 3.8) is 0 Å². The number of unbranched alkanes of at least 4 members (excludes halogenated alkanes) is 40. The van der Waals surface area contributed by atoms with Crippen LogP contribution in [0.25, 0.3) is 0 Å². The average Bonchev–Trinajstić information content (AvgIpc) is 1.45. The number of ether oxygens (including phenoxy) is 4. The predicted molar refractivity (Wildman–Crippen MR) is 386 cm³/mol. The van der Waals surface area contributed by atoms with E-state index in [0.717, 1.165) is 120 Å². The van der Waals surface area contributed by atoms with E-state index in [-0.39, 0.29) is 25.7 Å². The van der Waals surface area contributed by atoms with Gasteiger partial charge >= 0.3 is 39.5 Å². The first-order valence-corrected chi connectivity index (χ1v) is 42.4. The highest BCUT2D eigenvalue weighted by Crippen LogP contribution is 2.45. The van der Waals surface area contributed by atoms with E-state index < -0.39 is 97.5 Å². The van der Waals surface area contributed by atoms with Crippen LogP contribution in [0.4, 0.5) is 0 Å². The molecule has 0 aromatic heterocycles. The third-order valence-corrected chi connectivity index (χ3v) is 20.3. The zero-order valence-electron chi connectivity index (χ0n) is 62.1. The van der Waals surface area contributed by atoms with Crippen LogP contribution in [-0.2, 0) is 65.4 Å². The highest BCUT2D eigenvalue weighted by Gasteiger charge is 2.30. The Labute approximate surface area is 581 Å². The van der Waals surface area contributed by atoms with Gasteiger partial charge in [-0.25, -0.2) is 9.13 Å². The van der Waals surface area contributed by atoms with Crippen LogP contribution in [0.3, 0.4) is 0 Å². The maximum Gasteiger partial charge on any atom is 0.472 e. The van der Waals surface area contributed by atoms with Crippen molar-refractivity contribution in [1.82, 2.24) is 0 Å². The molecular formula is C76H148O17P2. The van der Waals surface area contributed by atoms with Gasteiger partial charge in [-0.05, 0) is 43.4 Å². The molecule has 564 valence electrons. The number of hydrogen-bond donors (Lipinski definition) is 3. The van der Waals surface area contributed by atoms with E-state index in [1.807, 2.05) is 0 Å². The third-order valence-electron chi connectivity index (χ3n) is 18.4. The summed E-state index contributed by atoms with van der Waals surface area (Å²) in [5.41, 5.74) is 0. The van der Waals surface area contributed by atoms with Gasteiger partial charge in [-0.1, -0.05) is 337 Å². The highest BCUT2D eigenvalue weighted by atomic mass is 31.2. The molecule has 0 aliphatic rings. The Bertz CT molecular complexity index is 1860. The lowest BCUT2D eigenvalue weighted by molar-refractivity contribution is -0.161. The van der Waals surface area contributed by atoms with Gasteiger partial charge in [-0.15, -0.1) is 0 Å². The first-order chi connectivity index (χ1) is 45.8. The maximum atomic E-state index is 13.1. The number of phosphoric acid groups is 2. The standard InChI is InChI=1S/C76H148O17P2/c1-8-11-12-13-33-43-50-57-73(78)86-63-71(93-76(81)60-53-46-39-32-31-36-42-49-56-69(7)10-3)65-90-94(82,83)88-61-70(77)62-89-95(84,85)91-66-72(92-75(80)59-52-45-38-30-26-22-16-14-15-19-23-27-34-40-47-54-67(4)5)64-87-74(79)58-51-44-37-29-25-21-18-17-20-24-28-35-41-48-55-68(6)9-2/h67-72,77H,8-66H2,1-7H3,(H,82,83)(H,84,85)/t68?,69?,70-,71+,72+/m0/s1. The van der Waals surface area contributed by atoms with Crippen molar-refractivity contribution in [2.45, 2.75) is 407 Å². The largest absolute Gasteiger partial charge is 0.472 e. The molecule has 0 bridgehead atoms. The smallest absolute Gasteiger partial charge is 0.462 e. The first kappa shape index (κ1) is 93.1. The van der Waals surface area contributed by atoms with Crippen molar-refractivity contribution in [1.29, 1.82) is 0 Å². The molecule has 0 amide bonds. The SMILES string of the molecule is CCCCCCCCCC(=O)OC[C@H](COP(=O)(O)OC[C@H](O)COP(=O)(O)OC[C@@H](COC(=O)CCCCCCCCCCCCCCCCC(C)CC)OC(=O)CCCCCCCCCCCCCCCCCC(C)C)OC(=O)CCCCCCCCCCC(C)CC. The molecule has 19 heteroatoms. The van der Waals surface area contributed by atoms with Crippen LogP contribution in [0.15, 0.2) is 0 Å². The number of aliphatic hydroxyl groups excluding tert-OH is 1. The Morgan fingerprint density at radius 2 is 0.537 bits per heavy atom. The molecule has 0 spiro atoms.